The van der Waals surface area contributed by atoms with Gasteiger partial charge in [0.2, 0.25) is 0 Å². The number of nitrogens with one attached hydrogen (secondary N) is 1. The van der Waals surface area contributed by atoms with E-state index in [1.165, 1.54) is 0 Å². The van der Waals surface area contributed by atoms with Gasteiger partial charge in [-0.1, -0.05) is 55.2 Å². The third kappa shape index (κ3) is 6.07. The Labute approximate surface area is 198 Å². The maximum atomic E-state index is 6.39. The Hall–Kier alpha value is -0.850. The lowest BCUT2D eigenvalue weighted by atomic mass is 10.1. The van der Waals surface area contributed by atoms with Crippen LogP contribution in [-0.2, 0) is 0 Å². The first-order valence-corrected chi connectivity index (χ1v) is 9.69. The molecule has 0 aliphatic rings. The Balaban J connectivity index is 0.00000196. The van der Waals surface area contributed by atoms with Crippen LogP contribution in [0.2, 0.25) is 10.0 Å². The molecule has 7 heteroatoms. The van der Waals surface area contributed by atoms with Crippen molar-refractivity contribution >= 4 is 73.8 Å². The van der Waals surface area contributed by atoms with Crippen molar-refractivity contribution in [3.63, 3.8) is 0 Å². The SMILES string of the molecule is Br.Br.CCN(CC)CCNc1cc(-c2cc(Cl)ccc2Cl)nc2ccccc12. The predicted octanol–water partition coefficient (Wildman–Crippen LogP) is 7.12. The van der Waals surface area contributed by atoms with E-state index in [1.807, 2.05) is 30.3 Å². The highest BCUT2D eigenvalue weighted by molar-refractivity contribution is 8.93. The smallest absolute Gasteiger partial charge is 0.0745 e. The van der Waals surface area contributed by atoms with Crippen LogP contribution in [0.15, 0.2) is 48.5 Å². The number of para-hydroxylation sites is 1. The molecule has 2 aromatic carbocycles. The maximum absolute atomic E-state index is 6.39. The summed E-state index contributed by atoms with van der Waals surface area (Å²) in [7, 11) is 0. The van der Waals surface area contributed by atoms with E-state index in [1.54, 1.807) is 6.07 Å². The minimum atomic E-state index is 0. The molecular formula is C21H25Br2Cl2N3. The van der Waals surface area contributed by atoms with E-state index in [9.17, 15) is 0 Å². The Morgan fingerprint density at radius 2 is 1.68 bits per heavy atom. The highest BCUT2D eigenvalue weighted by Gasteiger charge is 2.11. The van der Waals surface area contributed by atoms with Crippen molar-refractivity contribution in [2.45, 2.75) is 13.8 Å². The van der Waals surface area contributed by atoms with Crippen LogP contribution in [-0.4, -0.2) is 36.1 Å². The summed E-state index contributed by atoms with van der Waals surface area (Å²) in [5.41, 5.74) is 3.67. The van der Waals surface area contributed by atoms with Gasteiger partial charge in [-0.2, -0.15) is 0 Å². The lowest BCUT2D eigenvalue weighted by molar-refractivity contribution is 0.316. The standard InChI is InChI=1S/C21H23Cl2N3.2BrH/c1-3-26(4-2)12-11-24-20-14-21(17-13-15(22)9-10-18(17)23)25-19-8-6-5-7-16(19)20;;/h5-10,13-14H,3-4,11-12H2,1-2H3,(H,24,25);2*1H. The molecule has 0 atom stereocenters. The lowest BCUT2D eigenvalue weighted by Gasteiger charge is -2.19. The molecule has 0 saturated heterocycles. The van der Waals surface area contributed by atoms with Crippen molar-refractivity contribution in [2.75, 3.05) is 31.5 Å². The van der Waals surface area contributed by atoms with Crippen LogP contribution in [0, 0.1) is 0 Å². The van der Waals surface area contributed by atoms with E-state index in [2.05, 4.69) is 36.2 Å². The van der Waals surface area contributed by atoms with Crippen LogP contribution in [0.1, 0.15) is 13.8 Å². The zero-order valence-electron chi connectivity index (χ0n) is 15.9. The molecule has 0 aliphatic carbocycles. The van der Waals surface area contributed by atoms with Gasteiger partial charge in [-0.15, -0.1) is 34.0 Å². The van der Waals surface area contributed by atoms with Crippen LogP contribution in [0.4, 0.5) is 5.69 Å². The van der Waals surface area contributed by atoms with Gasteiger partial charge in [-0.05, 0) is 43.4 Å². The largest absolute Gasteiger partial charge is 0.383 e. The number of aromatic nitrogens is 1. The first-order valence-electron chi connectivity index (χ1n) is 8.93. The average molecular weight is 550 g/mol. The third-order valence-corrected chi connectivity index (χ3v) is 5.12. The molecule has 3 nitrogen and oxygen atoms in total. The highest BCUT2D eigenvalue weighted by atomic mass is 79.9. The topological polar surface area (TPSA) is 28.2 Å². The molecule has 0 radical (unpaired) electrons. The van der Waals surface area contributed by atoms with Crippen LogP contribution in [0.5, 0.6) is 0 Å². The van der Waals surface area contributed by atoms with Gasteiger partial charge in [0.15, 0.2) is 0 Å². The van der Waals surface area contributed by atoms with E-state index in [4.69, 9.17) is 28.2 Å². The first kappa shape index (κ1) is 25.2. The summed E-state index contributed by atoms with van der Waals surface area (Å²) >= 11 is 12.6. The summed E-state index contributed by atoms with van der Waals surface area (Å²) in [6.45, 7) is 8.35. The first-order chi connectivity index (χ1) is 12.6. The van der Waals surface area contributed by atoms with Gasteiger partial charge in [0, 0.05) is 34.7 Å². The fourth-order valence-corrected chi connectivity index (χ4v) is 3.43. The number of rotatable bonds is 7. The number of benzene rings is 2. The second-order valence-corrected chi connectivity index (χ2v) is 6.99. The average Bonchev–Trinajstić information content (AvgIpc) is 2.67. The maximum Gasteiger partial charge on any atom is 0.0745 e. The Morgan fingerprint density at radius 3 is 2.39 bits per heavy atom. The molecule has 0 aliphatic heterocycles. The van der Waals surface area contributed by atoms with Crippen molar-refractivity contribution in [3.05, 3.63) is 58.6 Å². The Kier molecular flexibility index (Phi) is 10.8. The quantitative estimate of drug-likeness (QED) is 0.340. The van der Waals surface area contributed by atoms with Gasteiger partial charge in [0.1, 0.15) is 0 Å². The number of anilines is 1. The van der Waals surface area contributed by atoms with Gasteiger partial charge >= 0.3 is 0 Å². The zero-order valence-corrected chi connectivity index (χ0v) is 20.9. The molecule has 28 heavy (non-hydrogen) atoms. The number of likely N-dealkylation sites (N-methyl/N-ethyl adjacent to an activating group) is 1. The monoisotopic (exact) mass is 547 g/mol. The summed E-state index contributed by atoms with van der Waals surface area (Å²) in [4.78, 5) is 7.18. The predicted molar refractivity (Wildman–Crippen MR) is 134 cm³/mol. The normalized spacial score (nSPS) is 10.5. The van der Waals surface area contributed by atoms with Crippen LogP contribution >= 0.6 is 57.2 Å². The number of fused-ring (bicyclic) bond motifs is 1. The van der Waals surface area contributed by atoms with Gasteiger partial charge in [0.25, 0.3) is 0 Å². The van der Waals surface area contributed by atoms with Crippen LogP contribution < -0.4 is 5.32 Å². The highest BCUT2D eigenvalue weighted by Crippen LogP contribution is 2.33. The van der Waals surface area contributed by atoms with Crippen molar-refractivity contribution in [2.24, 2.45) is 0 Å². The van der Waals surface area contributed by atoms with E-state index in [0.717, 1.165) is 54.0 Å². The molecule has 1 heterocycles. The molecule has 3 aromatic rings. The minimum Gasteiger partial charge on any atom is -0.383 e. The van der Waals surface area contributed by atoms with Crippen LogP contribution in [0.25, 0.3) is 22.2 Å². The zero-order chi connectivity index (χ0) is 18.5. The van der Waals surface area contributed by atoms with Crippen molar-refractivity contribution < 1.29 is 0 Å². The van der Waals surface area contributed by atoms with Crippen LogP contribution in [0.3, 0.4) is 0 Å². The molecule has 0 bridgehead atoms. The molecule has 1 N–H and O–H groups in total. The van der Waals surface area contributed by atoms with Crippen molar-refractivity contribution in [1.29, 1.82) is 0 Å². The van der Waals surface area contributed by atoms with Gasteiger partial charge in [-0.3, -0.25) is 0 Å². The summed E-state index contributed by atoms with van der Waals surface area (Å²) in [6.07, 6.45) is 0. The molecular weight excluding hydrogens is 525 g/mol. The van der Waals surface area contributed by atoms with Gasteiger partial charge in [-0.25, -0.2) is 4.98 Å². The fourth-order valence-electron chi connectivity index (χ4n) is 3.04. The Bertz CT molecular complexity index is 902. The fraction of sp³-hybridized carbons (Fsp3) is 0.286. The van der Waals surface area contributed by atoms with Crippen molar-refractivity contribution in [1.82, 2.24) is 9.88 Å². The molecule has 0 fully saturated rings. The minimum absolute atomic E-state index is 0. The number of nitrogens with zero attached hydrogens (tertiary/aromatic N) is 2. The summed E-state index contributed by atoms with van der Waals surface area (Å²) in [6, 6.07) is 15.7. The molecule has 0 saturated carbocycles. The number of halogens is 4. The van der Waals surface area contributed by atoms with Gasteiger partial charge < -0.3 is 10.2 Å². The number of hydrogen-bond donors (Lipinski definition) is 1. The van der Waals surface area contributed by atoms with E-state index in [0.29, 0.717) is 10.0 Å². The summed E-state index contributed by atoms with van der Waals surface area (Å²) < 4.78 is 0. The second-order valence-electron chi connectivity index (χ2n) is 6.15. The summed E-state index contributed by atoms with van der Waals surface area (Å²) in [5, 5.41) is 5.97. The van der Waals surface area contributed by atoms with E-state index in [-0.39, 0.29) is 34.0 Å². The molecule has 0 amide bonds. The lowest BCUT2D eigenvalue weighted by Crippen LogP contribution is -2.28. The van der Waals surface area contributed by atoms with E-state index >= 15 is 0 Å². The van der Waals surface area contributed by atoms with E-state index < -0.39 is 0 Å². The molecule has 152 valence electrons. The van der Waals surface area contributed by atoms with Crippen molar-refractivity contribution in [3.8, 4) is 11.3 Å². The molecule has 0 unspecified atom stereocenters. The molecule has 0 spiro atoms. The third-order valence-electron chi connectivity index (χ3n) is 4.56. The molecule has 3 rings (SSSR count). The number of hydrogen-bond acceptors (Lipinski definition) is 3. The summed E-state index contributed by atoms with van der Waals surface area (Å²) in [5.74, 6) is 0. The number of pyridine rings is 1. The second kappa shape index (κ2) is 12.0. The molecule has 1 aromatic heterocycles. The Morgan fingerprint density at radius 1 is 0.964 bits per heavy atom. The van der Waals surface area contributed by atoms with Gasteiger partial charge in [0.05, 0.1) is 16.2 Å².